The number of carboxylic acids is 1. The summed E-state index contributed by atoms with van der Waals surface area (Å²) < 4.78 is 5.64. The summed E-state index contributed by atoms with van der Waals surface area (Å²) in [7, 11) is 4.02. The van der Waals surface area contributed by atoms with Gasteiger partial charge in [-0.2, -0.15) is 0 Å². The molecule has 0 fully saturated rings. The lowest BCUT2D eigenvalue weighted by Gasteiger charge is -2.11. The fourth-order valence-corrected chi connectivity index (χ4v) is 1.52. The molecule has 0 saturated heterocycles. The zero-order valence-electron chi connectivity index (χ0n) is 11.6. The van der Waals surface area contributed by atoms with Crippen LogP contribution in [-0.2, 0) is 4.79 Å². The Labute approximate surface area is 113 Å². The first-order valence-electron chi connectivity index (χ1n) is 6.15. The van der Waals surface area contributed by atoms with Gasteiger partial charge in [0.2, 0.25) is 0 Å². The Balaban J connectivity index is 2.68. The van der Waals surface area contributed by atoms with Crippen molar-refractivity contribution in [2.24, 2.45) is 0 Å². The van der Waals surface area contributed by atoms with Crippen molar-refractivity contribution in [3.63, 3.8) is 0 Å². The van der Waals surface area contributed by atoms with Crippen LogP contribution in [0.3, 0.4) is 0 Å². The zero-order valence-corrected chi connectivity index (χ0v) is 11.6. The van der Waals surface area contributed by atoms with Gasteiger partial charge >= 0.3 is 5.97 Å². The largest absolute Gasteiger partial charge is 0.491 e. The van der Waals surface area contributed by atoms with Crippen molar-refractivity contribution in [3.05, 3.63) is 29.6 Å². The highest BCUT2D eigenvalue weighted by Crippen LogP contribution is 2.18. The number of ether oxygens (including phenoxy) is 1. The van der Waals surface area contributed by atoms with E-state index in [-0.39, 0.29) is 0 Å². The number of hydrogen-bond acceptors (Lipinski definition) is 4. The minimum atomic E-state index is -0.998. The van der Waals surface area contributed by atoms with Gasteiger partial charge in [0, 0.05) is 18.3 Å². The molecule has 1 rings (SSSR count). The molecule has 0 unspecified atom stereocenters. The van der Waals surface area contributed by atoms with Crippen LogP contribution in [0.15, 0.2) is 18.2 Å². The molecule has 1 N–H and O–H groups in total. The second kappa shape index (κ2) is 7.53. The Kier molecular flexibility index (Phi) is 6.02. The van der Waals surface area contributed by atoms with E-state index in [1.165, 1.54) is 6.08 Å². The fraction of sp³-hybridized carbons (Fsp3) is 0.429. The molecular weight excluding hydrogens is 244 g/mol. The maximum atomic E-state index is 10.5. The number of carboxylic acid groups (broad SMARTS) is 1. The van der Waals surface area contributed by atoms with Crippen molar-refractivity contribution in [1.29, 1.82) is 0 Å². The summed E-state index contributed by atoms with van der Waals surface area (Å²) in [6.45, 7) is 3.38. The molecule has 5 heteroatoms. The van der Waals surface area contributed by atoms with Crippen LogP contribution in [0.2, 0.25) is 0 Å². The maximum absolute atomic E-state index is 10.5. The SMILES string of the molecule is Cc1ccc(OCCCN(C)C)c(/C=C/C(=O)O)n1. The van der Waals surface area contributed by atoms with E-state index in [9.17, 15) is 4.79 Å². The van der Waals surface area contributed by atoms with Gasteiger partial charge in [0.05, 0.1) is 6.61 Å². The molecule has 19 heavy (non-hydrogen) atoms. The lowest BCUT2D eigenvalue weighted by Crippen LogP contribution is -2.15. The number of nitrogens with zero attached hydrogens (tertiary/aromatic N) is 2. The topological polar surface area (TPSA) is 62.7 Å². The minimum Gasteiger partial charge on any atom is -0.491 e. The van der Waals surface area contributed by atoms with Gasteiger partial charge in [0.25, 0.3) is 0 Å². The van der Waals surface area contributed by atoms with Gasteiger partial charge in [0.15, 0.2) is 0 Å². The predicted octanol–water partition coefficient (Wildman–Crippen LogP) is 1.82. The fourth-order valence-electron chi connectivity index (χ4n) is 1.52. The molecular formula is C14H20N2O3. The summed E-state index contributed by atoms with van der Waals surface area (Å²) in [6.07, 6.45) is 3.42. The summed E-state index contributed by atoms with van der Waals surface area (Å²) in [5.41, 5.74) is 1.37. The minimum absolute atomic E-state index is 0.548. The number of aryl methyl sites for hydroxylation is 1. The van der Waals surface area contributed by atoms with Gasteiger partial charge in [-0.3, -0.25) is 0 Å². The van der Waals surface area contributed by atoms with Crippen molar-refractivity contribution in [2.45, 2.75) is 13.3 Å². The number of aliphatic carboxylic acids is 1. The molecule has 0 spiro atoms. The Hall–Kier alpha value is -1.88. The van der Waals surface area contributed by atoms with Crippen molar-refractivity contribution in [3.8, 4) is 5.75 Å². The highest BCUT2D eigenvalue weighted by Gasteiger charge is 2.04. The van der Waals surface area contributed by atoms with E-state index in [1.54, 1.807) is 0 Å². The van der Waals surface area contributed by atoms with Crippen LogP contribution in [0.4, 0.5) is 0 Å². The summed E-state index contributed by atoms with van der Waals surface area (Å²) in [4.78, 5) is 16.9. The molecule has 0 aliphatic heterocycles. The summed E-state index contributed by atoms with van der Waals surface area (Å²) >= 11 is 0. The van der Waals surface area contributed by atoms with Crippen molar-refractivity contribution < 1.29 is 14.6 Å². The van der Waals surface area contributed by atoms with E-state index in [4.69, 9.17) is 9.84 Å². The molecule has 1 aromatic heterocycles. The highest BCUT2D eigenvalue weighted by atomic mass is 16.5. The number of carbonyl (C=O) groups is 1. The van der Waals surface area contributed by atoms with E-state index in [0.29, 0.717) is 18.1 Å². The van der Waals surface area contributed by atoms with Gasteiger partial charge in [0.1, 0.15) is 11.4 Å². The Bertz CT molecular complexity index is 456. The number of aromatic nitrogens is 1. The van der Waals surface area contributed by atoms with Crippen LogP contribution < -0.4 is 4.74 Å². The molecule has 0 amide bonds. The molecule has 0 aliphatic rings. The highest BCUT2D eigenvalue weighted by molar-refractivity contribution is 5.85. The number of rotatable bonds is 7. The van der Waals surface area contributed by atoms with E-state index < -0.39 is 5.97 Å². The maximum Gasteiger partial charge on any atom is 0.328 e. The summed E-state index contributed by atoms with van der Waals surface area (Å²) in [5, 5.41) is 8.65. The smallest absolute Gasteiger partial charge is 0.328 e. The van der Waals surface area contributed by atoms with Crippen molar-refractivity contribution >= 4 is 12.0 Å². The summed E-state index contributed by atoms with van der Waals surface area (Å²) in [6, 6.07) is 3.67. The quantitative estimate of drug-likeness (QED) is 0.601. The van der Waals surface area contributed by atoms with Crippen LogP contribution in [0, 0.1) is 6.92 Å². The second-order valence-corrected chi connectivity index (χ2v) is 4.51. The first-order chi connectivity index (χ1) is 8.99. The Morgan fingerprint density at radius 3 is 2.84 bits per heavy atom. The molecule has 104 valence electrons. The van der Waals surface area contributed by atoms with Crippen molar-refractivity contribution in [2.75, 3.05) is 27.2 Å². The molecule has 5 nitrogen and oxygen atoms in total. The van der Waals surface area contributed by atoms with E-state index in [0.717, 1.165) is 24.7 Å². The van der Waals surface area contributed by atoms with Gasteiger partial charge < -0.3 is 14.7 Å². The van der Waals surface area contributed by atoms with E-state index in [1.807, 2.05) is 33.2 Å². The Morgan fingerprint density at radius 2 is 2.21 bits per heavy atom. The third-order valence-corrected chi connectivity index (χ3v) is 2.42. The number of hydrogen-bond donors (Lipinski definition) is 1. The van der Waals surface area contributed by atoms with Crippen LogP contribution in [0.1, 0.15) is 17.8 Å². The van der Waals surface area contributed by atoms with Gasteiger partial charge in [-0.1, -0.05) is 0 Å². The lowest BCUT2D eigenvalue weighted by molar-refractivity contribution is -0.131. The molecule has 1 heterocycles. The van der Waals surface area contributed by atoms with E-state index >= 15 is 0 Å². The standard InChI is InChI=1S/C14H20N2O3/c1-11-5-7-13(19-10-4-9-16(2)3)12(15-11)6-8-14(17)18/h5-8H,4,9-10H2,1-3H3,(H,17,18)/b8-6+. The van der Waals surface area contributed by atoms with Crippen LogP contribution in [0.5, 0.6) is 5.75 Å². The lowest BCUT2D eigenvalue weighted by atomic mass is 10.2. The van der Waals surface area contributed by atoms with Crippen LogP contribution in [-0.4, -0.2) is 48.2 Å². The first kappa shape index (κ1) is 15.2. The summed E-state index contributed by atoms with van der Waals surface area (Å²) in [5.74, 6) is -0.385. The second-order valence-electron chi connectivity index (χ2n) is 4.51. The predicted molar refractivity (Wildman–Crippen MR) is 74.3 cm³/mol. The van der Waals surface area contributed by atoms with E-state index in [2.05, 4.69) is 9.88 Å². The van der Waals surface area contributed by atoms with Gasteiger partial charge in [-0.15, -0.1) is 0 Å². The molecule has 1 aromatic rings. The zero-order chi connectivity index (χ0) is 14.3. The first-order valence-corrected chi connectivity index (χ1v) is 6.15. The third kappa shape index (κ3) is 6.01. The van der Waals surface area contributed by atoms with Crippen LogP contribution >= 0.6 is 0 Å². The molecule has 0 bridgehead atoms. The monoisotopic (exact) mass is 264 g/mol. The Morgan fingerprint density at radius 1 is 1.47 bits per heavy atom. The molecule has 0 saturated carbocycles. The molecule has 0 aliphatic carbocycles. The molecule has 0 radical (unpaired) electrons. The molecule has 0 atom stereocenters. The molecule has 0 aromatic carbocycles. The average Bonchev–Trinajstić information content (AvgIpc) is 2.33. The third-order valence-electron chi connectivity index (χ3n) is 2.42. The normalized spacial score (nSPS) is 11.2. The number of pyridine rings is 1. The van der Waals surface area contributed by atoms with Crippen molar-refractivity contribution in [1.82, 2.24) is 9.88 Å². The van der Waals surface area contributed by atoms with Gasteiger partial charge in [-0.05, 0) is 45.6 Å². The average molecular weight is 264 g/mol. The van der Waals surface area contributed by atoms with Gasteiger partial charge in [-0.25, -0.2) is 9.78 Å². The van der Waals surface area contributed by atoms with Crippen LogP contribution in [0.25, 0.3) is 6.08 Å².